The molecule has 88 valence electrons. The number of ether oxygens (including phenoxy) is 1. The molecule has 4 nitrogen and oxygen atoms in total. The molecule has 0 bridgehead atoms. The largest absolute Gasteiger partial charge is 0.469 e. The molecule has 17 heavy (non-hydrogen) atoms. The molecule has 0 fully saturated rings. The molecule has 2 aromatic rings. The van der Waals surface area contributed by atoms with Crippen LogP contribution < -0.4 is 5.73 Å². The van der Waals surface area contributed by atoms with Crippen molar-refractivity contribution in [2.75, 3.05) is 12.8 Å². The Bertz CT molecular complexity index is 601. The van der Waals surface area contributed by atoms with Crippen molar-refractivity contribution in [2.24, 2.45) is 5.92 Å². The van der Waals surface area contributed by atoms with Crippen LogP contribution in [-0.4, -0.2) is 18.1 Å². The van der Waals surface area contributed by atoms with E-state index in [0.29, 0.717) is 0 Å². The summed E-state index contributed by atoms with van der Waals surface area (Å²) in [7, 11) is 1.44. The van der Waals surface area contributed by atoms with Crippen molar-refractivity contribution in [3.05, 3.63) is 29.5 Å². The summed E-state index contributed by atoms with van der Waals surface area (Å²) in [6, 6.07) is 5.83. The maximum absolute atomic E-state index is 11.5. The maximum Gasteiger partial charge on any atom is 0.309 e. The van der Waals surface area contributed by atoms with E-state index in [2.05, 4.69) is 4.98 Å². The quantitative estimate of drug-likeness (QED) is 0.578. The number of carbonyl (C=O) groups is 1. The Balaban J connectivity index is 2.04. The molecule has 0 saturated heterocycles. The van der Waals surface area contributed by atoms with Crippen molar-refractivity contribution in [1.29, 1.82) is 0 Å². The van der Waals surface area contributed by atoms with Crippen molar-refractivity contribution in [2.45, 2.75) is 12.8 Å². The summed E-state index contributed by atoms with van der Waals surface area (Å²) >= 11 is 0. The number of H-pyrrole nitrogens is 1. The number of aromatic amines is 1. The number of fused-ring (bicyclic) bond motifs is 3. The first-order valence-corrected chi connectivity index (χ1v) is 5.66. The molecule has 0 radical (unpaired) electrons. The fourth-order valence-corrected chi connectivity index (χ4v) is 2.63. The van der Waals surface area contributed by atoms with Crippen molar-refractivity contribution in [3.8, 4) is 0 Å². The molecular formula is C13H14N2O2. The van der Waals surface area contributed by atoms with Gasteiger partial charge in [-0.05, 0) is 30.2 Å². The number of aromatic nitrogens is 1. The van der Waals surface area contributed by atoms with E-state index in [9.17, 15) is 4.79 Å². The number of nitrogen functional groups attached to an aromatic ring is 1. The Labute approximate surface area is 98.8 Å². The van der Waals surface area contributed by atoms with Gasteiger partial charge in [0.15, 0.2) is 0 Å². The minimum atomic E-state index is -0.133. The van der Waals surface area contributed by atoms with Crippen LogP contribution in [0, 0.1) is 5.92 Å². The third-order valence-corrected chi connectivity index (χ3v) is 3.45. The van der Waals surface area contributed by atoms with Crippen molar-refractivity contribution >= 4 is 22.6 Å². The molecular weight excluding hydrogens is 216 g/mol. The van der Waals surface area contributed by atoms with Gasteiger partial charge in [-0.15, -0.1) is 0 Å². The first-order chi connectivity index (χ1) is 8.19. The summed E-state index contributed by atoms with van der Waals surface area (Å²) < 4.78 is 4.79. The van der Waals surface area contributed by atoms with E-state index in [-0.39, 0.29) is 11.9 Å². The van der Waals surface area contributed by atoms with E-state index in [4.69, 9.17) is 10.5 Å². The van der Waals surface area contributed by atoms with Gasteiger partial charge in [-0.1, -0.05) is 0 Å². The molecule has 0 amide bonds. The van der Waals surface area contributed by atoms with Crippen LogP contribution in [0.4, 0.5) is 5.69 Å². The number of nitrogens with one attached hydrogen (secondary N) is 1. The van der Waals surface area contributed by atoms with Crippen LogP contribution >= 0.6 is 0 Å². The second-order valence-corrected chi connectivity index (χ2v) is 4.52. The zero-order valence-electron chi connectivity index (χ0n) is 9.62. The molecule has 1 aliphatic carbocycles. The minimum absolute atomic E-state index is 0.0490. The summed E-state index contributed by atoms with van der Waals surface area (Å²) in [4.78, 5) is 14.9. The van der Waals surface area contributed by atoms with Gasteiger partial charge in [0, 0.05) is 28.7 Å². The standard InChI is InChI=1S/C13H14N2O2/c1-17-13(16)7-4-9-10-6-8(14)2-3-11(10)15-12(9)5-7/h2-3,6-7,15H,4-5,14H2,1H3. The molecule has 1 atom stereocenters. The molecule has 0 saturated carbocycles. The van der Waals surface area contributed by atoms with Gasteiger partial charge >= 0.3 is 5.97 Å². The summed E-state index contributed by atoms with van der Waals surface area (Å²) in [5.41, 5.74) is 9.98. The topological polar surface area (TPSA) is 68.1 Å². The molecule has 1 heterocycles. The zero-order chi connectivity index (χ0) is 12.0. The summed E-state index contributed by atoms with van der Waals surface area (Å²) in [5, 5.41) is 1.13. The van der Waals surface area contributed by atoms with Crippen LogP contribution in [0.3, 0.4) is 0 Å². The van der Waals surface area contributed by atoms with Crippen LogP contribution in [0.5, 0.6) is 0 Å². The van der Waals surface area contributed by atoms with E-state index in [1.807, 2.05) is 18.2 Å². The smallest absolute Gasteiger partial charge is 0.309 e. The number of rotatable bonds is 1. The number of hydrogen-bond acceptors (Lipinski definition) is 3. The summed E-state index contributed by atoms with van der Waals surface area (Å²) in [5.74, 6) is -0.182. The molecule has 1 unspecified atom stereocenters. The van der Waals surface area contributed by atoms with E-state index in [1.165, 1.54) is 12.7 Å². The van der Waals surface area contributed by atoms with Crippen molar-refractivity contribution in [1.82, 2.24) is 4.98 Å². The first kappa shape index (κ1) is 10.2. The number of nitrogens with two attached hydrogens (primary N) is 1. The number of hydrogen-bond donors (Lipinski definition) is 2. The zero-order valence-corrected chi connectivity index (χ0v) is 9.62. The van der Waals surface area contributed by atoms with E-state index < -0.39 is 0 Å². The number of anilines is 1. The van der Waals surface area contributed by atoms with Crippen LogP contribution in [0.1, 0.15) is 11.3 Å². The van der Waals surface area contributed by atoms with Gasteiger partial charge in [-0.3, -0.25) is 4.79 Å². The molecule has 0 aliphatic heterocycles. The third kappa shape index (κ3) is 1.48. The Morgan fingerprint density at radius 2 is 2.29 bits per heavy atom. The number of carbonyl (C=O) groups excluding carboxylic acids is 1. The van der Waals surface area contributed by atoms with Crippen molar-refractivity contribution in [3.63, 3.8) is 0 Å². The van der Waals surface area contributed by atoms with Gasteiger partial charge in [0.2, 0.25) is 0 Å². The summed E-state index contributed by atoms with van der Waals surface area (Å²) in [6.07, 6.45) is 1.47. The monoisotopic (exact) mass is 230 g/mol. The fourth-order valence-electron chi connectivity index (χ4n) is 2.63. The van der Waals surface area contributed by atoms with Crippen LogP contribution in [0.25, 0.3) is 10.9 Å². The Morgan fingerprint density at radius 1 is 1.47 bits per heavy atom. The predicted molar refractivity (Wildman–Crippen MR) is 65.6 cm³/mol. The number of benzene rings is 1. The second kappa shape index (κ2) is 3.52. The molecule has 0 spiro atoms. The molecule has 1 aliphatic rings. The molecule has 1 aromatic carbocycles. The van der Waals surface area contributed by atoms with Crippen LogP contribution in [-0.2, 0) is 22.4 Å². The third-order valence-electron chi connectivity index (χ3n) is 3.45. The fraction of sp³-hybridized carbons (Fsp3) is 0.308. The van der Waals surface area contributed by atoms with Gasteiger partial charge in [0.1, 0.15) is 0 Å². The lowest BCUT2D eigenvalue weighted by atomic mass is 10.1. The SMILES string of the molecule is COC(=O)C1Cc2[nH]c3ccc(N)cc3c2C1. The Kier molecular flexibility index (Phi) is 2.11. The van der Waals surface area contributed by atoms with Crippen LogP contribution in [0.15, 0.2) is 18.2 Å². The first-order valence-electron chi connectivity index (χ1n) is 5.66. The highest BCUT2D eigenvalue weighted by molar-refractivity contribution is 5.89. The number of methoxy groups -OCH3 is 1. The Morgan fingerprint density at radius 3 is 3.06 bits per heavy atom. The van der Waals surface area contributed by atoms with Crippen LogP contribution in [0.2, 0.25) is 0 Å². The molecule has 4 heteroatoms. The van der Waals surface area contributed by atoms with Gasteiger partial charge in [-0.25, -0.2) is 0 Å². The lowest BCUT2D eigenvalue weighted by molar-refractivity contribution is -0.145. The minimum Gasteiger partial charge on any atom is -0.469 e. The Hall–Kier alpha value is -1.97. The van der Waals surface area contributed by atoms with E-state index in [0.717, 1.165) is 35.1 Å². The highest BCUT2D eigenvalue weighted by Crippen LogP contribution is 2.34. The van der Waals surface area contributed by atoms with Crippen molar-refractivity contribution < 1.29 is 9.53 Å². The normalized spacial score (nSPS) is 18.3. The van der Waals surface area contributed by atoms with Gasteiger partial charge in [0.05, 0.1) is 13.0 Å². The van der Waals surface area contributed by atoms with Gasteiger partial charge in [-0.2, -0.15) is 0 Å². The molecule has 3 rings (SSSR count). The highest BCUT2D eigenvalue weighted by Gasteiger charge is 2.30. The predicted octanol–water partition coefficient (Wildman–Crippen LogP) is 1.64. The average Bonchev–Trinajstić information content (AvgIpc) is 2.86. The molecule has 3 N–H and O–H groups in total. The molecule has 1 aromatic heterocycles. The second-order valence-electron chi connectivity index (χ2n) is 4.52. The van der Waals surface area contributed by atoms with Gasteiger partial charge < -0.3 is 15.5 Å². The highest BCUT2D eigenvalue weighted by atomic mass is 16.5. The number of esters is 1. The maximum atomic E-state index is 11.5. The van der Waals surface area contributed by atoms with E-state index in [1.54, 1.807) is 0 Å². The lowest BCUT2D eigenvalue weighted by Crippen LogP contribution is -2.16. The van der Waals surface area contributed by atoms with Gasteiger partial charge in [0.25, 0.3) is 0 Å². The average molecular weight is 230 g/mol. The van der Waals surface area contributed by atoms with E-state index >= 15 is 0 Å². The lowest BCUT2D eigenvalue weighted by Gasteiger charge is -2.06. The summed E-state index contributed by atoms with van der Waals surface area (Å²) in [6.45, 7) is 0.